The minimum atomic E-state index is -0.924. The normalized spacial score (nSPS) is 19.9. The lowest BCUT2D eigenvalue weighted by atomic mass is 9.99. The van der Waals surface area contributed by atoms with Gasteiger partial charge in [0.15, 0.2) is 11.9 Å². The van der Waals surface area contributed by atoms with E-state index in [1.165, 1.54) is 13.8 Å². The van der Waals surface area contributed by atoms with Gasteiger partial charge in [-0.3, -0.25) is 9.59 Å². The summed E-state index contributed by atoms with van der Waals surface area (Å²) in [5.41, 5.74) is 1.53. The van der Waals surface area contributed by atoms with Crippen LogP contribution in [0.4, 0.5) is 0 Å². The van der Waals surface area contributed by atoms with Crippen molar-refractivity contribution in [2.24, 2.45) is 0 Å². The fourth-order valence-corrected chi connectivity index (χ4v) is 2.05. The molecule has 5 nitrogen and oxygen atoms in total. The molecule has 2 atom stereocenters. The van der Waals surface area contributed by atoms with Gasteiger partial charge in [-0.15, -0.1) is 0 Å². The first-order chi connectivity index (χ1) is 9.40. The van der Waals surface area contributed by atoms with Gasteiger partial charge >= 0.3 is 5.97 Å². The number of hydrogen-bond donors (Lipinski definition) is 1. The first kappa shape index (κ1) is 14.3. The second-order valence-electron chi connectivity index (χ2n) is 4.73. The van der Waals surface area contributed by atoms with Crippen molar-refractivity contribution >= 4 is 11.8 Å². The minimum absolute atomic E-state index is 0.00931. The molecule has 0 saturated heterocycles. The predicted octanol–water partition coefficient (Wildman–Crippen LogP) is 1.80. The highest BCUT2D eigenvalue weighted by Gasteiger charge is 2.35. The molecule has 0 amide bonds. The standard InChI is InChI=1S/C15H16O5/c1-8(7-19-10(3)17)15-14(18)12-6-11(9(2)16)4-5-13(12)20-15/h4-6,14-15,18H,1,7H2,2-3H3/t14-,15-/m1/s1. The van der Waals surface area contributed by atoms with E-state index in [-0.39, 0.29) is 12.4 Å². The number of carbonyl (C=O) groups is 2. The van der Waals surface area contributed by atoms with Crippen molar-refractivity contribution in [3.8, 4) is 5.75 Å². The van der Waals surface area contributed by atoms with Crippen molar-refractivity contribution < 1.29 is 24.2 Å². The summed E-state index contributed by atoms with van der Waals surface area (Å²) in [5, 5.41) is 10.2. The topological polar surface area (TPSA) is 72.8 Å². The van der Waals surface area contributed by atoms with E-state index in [2.05, 4.69) is 6.58 Å². The lowest BCUT2D eigenvalue weighted by Gasteiger charge is -2.17. The van der Waals surface area contributed by atoms with Crippen molar-refractivity contribution in [2.75, 3.05) is 6.61 Å². The zero-order chi connectivity index (χ0) is 14.9. The number of rotatable bonds is 4. The summed E-state index contributed by atoms with van der Waals surface area (Å²) in [4.78, 5) is 22.1. The molecule has 0 aromatic heterocycles. The Labute approximate surface area is 116 Å². The molecule has 0 bridgehead atoms. The second-order valence-corrected chi connectivity index (χ2v) is 4.73. The lowest BCUT2D eigenvalue weighted by Crippen LogP contribution is -2.24. The molecule has 0 spiro atoms. The van der Waals surface area contributed by atoms with Gasteiger partial charge in [-0.1, -0.05) is 6.58 Å². The van der Waals surface area contributed by atoms with Gasteiger partial charge in [-0.2, -0.15) is 0 Å². The van der Waals surface area contributed by atoms with E-state index in [1.807, 2.05) is 0 Å². The molecule has 2 rings (SSSR count). The summed E-state index contributed by atoms with van der Waals surface area (Å²) in [6, 6.07) is 4.90. The van der Waals surface area contributed by atoms with Crippen molar-refractivity contribution in [2.45, 2.75) is 26.1 Å². The molecule has 20 heavy (non-hydrogen) atoms. The number of aliphatic hydroxyl groups excluding tert-OH is 1. The predicted molar refractivity (Wildman–Crippen MR) is 71.6 cm³/mol. The van der Waals surface area contributed by atoms with Crippen LogP contribution in [0.3, 0.4) is 0 Å². The molecular weight excluding hydrogens is 260 g/mol. The molecule has 5 heteroatoms. The number of ether oxygens (including phenoxy) is 2. The fraction of sp³-hybridized carbons (Fsp3) is 0.333. The Kier molecular flexibility index (Phi) is 3.90. The molecule has 1 aliphatic rings. The maximum Gasteiger partial charge on any atom is 0.302 e. The van der Waals surface area contributed by atoms with Gasteiger partial charge in [-0.25, -0.2) is 0 Å². The Balaban J connectivity index is 2.16. The van der Waals surface area contributed by atoms with Crippen molar-refractivity contribution in [3.63, 3.8) is 0 Å². The van der Waals surface area contributed by atoms with Crippen LogP contribution in [0.1, 0.15) is 35.9 Å². The average Bonchev–Trinajstić information content (AvgIpc) is 2.73. The highest BCUT2D eigenvalue weighted by molar-refractivity contribution is 5.94. The summed E-state index contributed by atoms with van der Waals surface area (Å²) >= 11 is 0. The molecule has 0 aliphatic carbocycles. The van der Waals surface area contributed by atoms with Gasteiger partial charge in [0.05, 0.1) is 0 Å². The molecular formula is C15H16O5. The van der Waals surface area contributed by atoms with Crippen LogP contribution in [-0.2, 0) is 9.53 Å². The largest absolute Gasteiger partial charge is 0.482 e. The summed E-state index contributed by atoms with van der Waals surface area (Å²) in [6.45, 7) is 6.52. The van der Waals surface area contributed by atoms with Crippen LogP contribution in [0.2, 0.25) is 0 Å². The van der Waals surface area contributed by atoms with Crippen LogP contribution in [0.25, 0.3) is 0 Å². The molecule has 0 fully saturated rings. The van der Waals surface area contributed by atoms with Crippen LogP contribution < -0.4 is 4.74 Å². The smallest absolute Gasteiger partial charge is 0.302 e. The molecule has 0 radical (unpaired) electrons. The summed E-state index contributed by atoms with van der Waals surface area (Å²) in [5.74, 6) is 0.00804. The fourth-order valence-electron chi connectivity index (χ4n) is 2.05. The number of aliphatic hydroxyl groups is 1. The third kappa shape index (κ3) is 2.72. The Morgan fingerprint density at radius 3 is 2.70 bits per heavy atom. The second kappa shape index (κ2) is 5.46. The number of fused-ring (bicyclic) bond motifs is 1. The zero-order valence-corrected chi connectivity index (χ0v) is 11.4. The van der Waals surface area contributed by atoms with Crippen LogP contribution in [-0.4, -0.2) is 29.6 Å². The van der Waals surface area contributed by atoms with Gasteiger partial charge in [0, 0.05) is 23.6 Å². The van der Waals surface area contributed by atoms with E-state index in [4.69, 9.17) is 9.47 Å². The molecule has 106 valence electrons. The highest BCUT2D eigenvalue weighted by atomic mass is 16.5. The molecule has 1 aromatic rings. The van der Waals surface area contributed by atoms with E-state index < -0.39 is 18.2 Å². The first-order valence-electron chi connectivity index (χ1n) is 6.20. The number of hydrogen-bond acceptors (Lipinski definition) is 5. The van der Waals surface area contributed by atoms with Crippen molar-refractivity contribution in [1.29, 1.82) is 0 Å². The van der Waals surface area contributed by atoms with Crippen molar-refractivity contribution in [1.82, 2.24) is 0 Å². The lowest BCUT2D eigenvalue weighted by molar-refractivity contribution is -0.140. The van der Waals surface area contributed by atoms with Gasteiger partial charge in [0.25, 0.3) is 0 Å². The molecule has 1 aliphatic heterocycles. The van der Waals surface area contributed by atoms with E-state index in [9.17, 15) is 14.7 Å². The Morgan fingerprint density at radius 1 is 1.40 bits per heavy atom. The molecule has 1 heterocycles. The quantitative estimate of drug-likeness (QED) is 0.516. The van der Waals surface area contributed by atoms with E-state index >= 15 is 0 Å². The average molecular weight is 276 g/mol. The first-order valence-corrected chi connectivity index (χ1v) is 6.20. The number of ketones is 1. The van der Waals surface area contributed by atoms with Gasteiger partial charge < -0.3 is 14.6 Å². The van der Waals surface area contributed by atoms with Crippen molar-refractivity contribution in [3.05, 3.63) is 41.5 Å². The highest BCUT2D eigenvalue weighted by Crippen LogP contribution is 2.39. The summed E-state index contributed by atoms with van der Waals surface area (Å²) in [7, 11) is 0. The molecule has 1 N–H and O–H groups in total. The van der Waals surface area contributed by atoms with Crippen LogP contribution >= 0.6 is 0 Å². The van der Waals surface area contributed by atoms with E-state index in [0.717, 1.165) is 0 Å². The van der Waals surface area contributed by atoms with Gasteiger partial charge in [-0.05, 0) is 25.1 Å². The molecule has 0 saturated carbocycles. The Hall–Kier alpha value is -2.14. The monoisotopic (exact) mass is 276 g/mol. The van der Waals surface area contributed by atoms with Crippen LogP contribution in [0, 0.1) is 0 Å². The number of esters is 1. The number of carbonyl (C=O) groups excluding carboxylic acids is 2. The van der Waals surface area contributed by atoms with E-state index in [1.54, 1.807) is 18.2 Å². The number of benzene rings is 1. The van der Waals surface area contributed by atoms with Gasteiger partial charge in [0.2, 0.25) is 0 Å². The minimum Gasteiger partial charge on any atom is -0.482 e. The molecule has 0 unspecified atom stereocenters. The van der Waals surface area contributed by atoms with Crippen LogP contribution in [0.5, 0.6) is 5.75 Å². The van der Waals surface area contributed by atoms with Gasteiger partial charge in [0.1, 0.15) is 18.5 Å². The Bertz CT molecular complexity index is 576. The zero-order valence-electron chi connectivity index (χ0n) is 11.4. The Morgan fingerprint density at radius 2 is 2.10 bits per heavy atom. The van der Waals surface area contributed by atoms with E-state index in [0.29, 0.717) is 22.4 Å². The maximum absolute atomic E-state index is 11.3. The summed E-state index contributed by atoms with van der Waals surface area (Å²) in [6.07, 6.45) is -1.60. The molecule has 1 aromatic carbocycles. The third-order valence-corrected chi connectivity index (χ3v) is 3.14. The van der Waals surface area contributed by atoms with Crippen LogP contribution in [0.15, 0.2) is 30.4 Å². The SMILES string of the molecule is C=C(COC(C)=O)[C@H]1Oc2ccc(C(C)=O)cc2[C@H]1O. The summed E-state index contributed by atoms with van der Waals surface area (Å²) < 4.78 is 10.4. The number of Topliss-reactive ketones (excluding diaryl/α,β-unsaturated/α-hetero) is 1. The maximum atomic E-state index is 11.3. The third-order valence-electron chi connectivity index (χ3n) is 3.14.